The average Bonchev–Trinajstić information content (AvgIpc) is 2.41. The van der Waals surface area contributed by atoms with Gasteiger partial charge in [0.2, 0.25) is 5.91 Å². The number of piperidine rings is 1. The van der Waals surface area contributed by atoms with Crippen molar-refractivity contribution in [3.63, 3.8) is 0 Å². The van der Waals surface area contributed by atoms with Crippen LogP contribution in [0.4, 0.5) is 0 Å². The molecule has 1 amide bonds. The van der Waals surface area contributed by atoms with Gasteiger partial charge in [-0.05, 0) is 32.3 Å². The van der Waals surface area contributed by atoms with E-state index in [1.165, 1.54) is 0 Å². The molecule has 0 saturated carbocycles. The minimum atomic E-state index is -0.0782. The van der Waals surface area contributed by atoms with Crippen LogP contribution in [0.1, 0.15) is 38.2 Å². The molecule has 1 aliphatic heterocycles. The van der Waals surface area contributed by atoms with Gasteiger partial charge in [0.25, 0.3) is 0 Å². The van der Waals surface area contributed by atoms with E-state index >= 15 is 0 Å². The summed E-state index contributed by atoms with van der Waals surface area (Å²) in [5.74, 6) is 0.0492. The van der Waals surface area contributed by atoms with E-state index in [1.807, 2.05) is 37.3 Å². The van der Waals surface area contributed by atoms with Crippen molar-refractivity contribution in [2.45, 2.75) is 44.7 Å². The van der Waals surface area contributed by atoms with Crippen LogP contribution in [0.2, 0.25) is 0 Å². The van der Waals surface area contributed by atoms with Gasteiger partial charge in [-0.25, -0.2) is 0 Å². The lowest BCUT2D eigenvalue weighted by Gasteiger charge is -2.29. The molecule has 3 unspecified atom stereocenters. The zero-order valence-electron chi connectivity index (χ0n) is 11.1. The smallest absolute Gasteiger partial charge is 0.227 e. The van der Waals surface area contributed by atoms with E-state index in [0.717, 1.165) is 24.9 Å². The van der Waals surface area contributed by atoms with Crippen molar-refractivity contribution in [3.8, 4) is 0 Å². The molecule has 98 valence electrons. The summed E-state index contributed by atoms with van der Waals surface area (Å²) >= 11 is 0. The summed E-state index contributed by atoms with van der Waals surface area (Å²) in [6.45, 7) is 5.03. The van der Waals surface area contributed by atoms with Gasteiger partial charge in [0.15, 0.2) is 0 Å². The van der Waals surface area contributed by atoms with Gasteiger partial charge in [0.1, 0.15) is 0 Å². The number of rotatable bonds is 3. The van der Waals surface area contributed by atoms with E-state index in [1.54, 1.807) is 0 Å². The molecule has 1 heterocycles. The number of nitrogens with one attached hydrogen (secondary N) is 2. The highest BCUT2D eigenvalue weighted by Gasteiger charge is 2.22. The van der Waals surface area contributed by atoms with E-state index in [-0.39, 0.29) is 17.9 Å². The number of amides is 1. The fourth-order valence-corrected chi connectivity index (χ4v) is 2.34. The maximum absolute atomic E-state index is 12.2. The maximum atomic E-state index is 12.2. The van der Waals surface area contributed by atoms with E-state index in [9.17, 15) is 4.79 Å². The third-order valence-corrected chi connectivity index (χ3v) is 3.70. The van der Waals surface area contributed by atoms with Crippen LogP contribution in [0.3, 0.4) is 0 Å². The van der Waals surface area contributed by atoms with E-state index in [2.05, 4.69) is 17.6 Å². The van der Waals surface area contributed by atoms with Gasteiger partial charge in [0, 0.05) is 18.6 Å². The monoisotopic (exact) mass is 246 g/mol. The Labute approximate surface area is 109 Å². The van der Waals surface area contributed by atoms with Crippen molar-refractivity contribution in [1.29, 1.82) is 0 Å². The van der Waals surface area contributed by atoms with Gasteiger partial charge in [-0.3, -0.25) is 4.79 Å². The molecule has 0 radical (unpaired) electrons. The Bertz CT molecular complexity index is 383. The summed E-state index contributed by atoms with van der Waals surface area (Å²) in [7, 11) is 0. The molecule has 3 atom stereocenters. The molecule has 1 aliphatic rings. The Morgan fingerprint density at radius 2 is 2.06 bits per heavy atom. The van der Waals surface area contributed by atoms with Crippen LogP contribution in [0.5, 0.6) is 0 Å². The normalized spacial score (nSPS) is 25.4. The Hall–Kier alpha value is -1.35. The fourth-order valence-electron chi connectivity index (χ4n) is 2.34. The first-order valence-corrected chi connectivity index (χ1v) is 6.75. The molecule has 0 aromatic heterocycles. The number of carbonyl (C=O) groups excluding carboxylic acids is 1. The van der Waals surface area contributed by atoms with Crippen molar-refractivity contribution >= 4 is 5.91 Å². The third kappa shape index (κ3) is 3.33. The molecule has 3 nitrogen and oxygen atoms in total. The zero-order chi connectivity index (χ0) is 13.0. The van der Waals surface area contributed by atoms with Crippen LogP contribution in [-0.2, 0) is 4.79 Å². The second-order valence-corrected chi connectivity index (χ2v) is 5.22. The zero-order valence-corrected chi connectivity index (χ0v) is 11.1. The highest BCUT2D eigenvalue weighted by Crippen LogP contribution is 2.16. The topological polar surface area (TPSA) is 41.1 Å². The van der Waals surface area contributed by atoms with Crippen LogP contribution < -0.4 is 10.6 Å². The predicted octanol–water partition coefficient (Wildman–Crippen LogP) is 2.05. The predicted molar refractivity (Wildman–Crippen MR) is 73.5 cm³/mol. The fraction of sp³-hybridized carbons (Fsp3) is 0.533. The summed E-state index contributed by atoms with van der Waals surface area (Å²) in [6.07, 6.45) is 2.20. The van der Waals surface area contributed by atoms with E-state index in [0.29, 0.717) is 6.04 Å². The second kappa shape index (κ2) is 6.01. The second-order valence-electron chi connectivity index (χ2n) is 5.22. The number of hydrogen-bond donors (Lipinski definition) is 2. The van der Waals surface area contributed by atoms with Crippen molar-refractivity contribution in [1.82, 2.24) is 10.6 Å². The molecule has 1 aromatic rings. The minimum absolute atomic E-state index is 0.0782. The van der Waals surface area contributed by atoms with Crippen LogP contribution in [0.15, 0.2) is 30.3 Å². The Balaban J connectivity index is 1.88. The highest BCUT2D eigenvalue weighted by atomic mass is 16.1. The lowest BCUT2D eigenvalue weighted by Crippen LogP contribution is -2.49. The number of carbonyl (C=O) groups is 1. The Morgan fingerprint density at radius 1 is 1.33 bits per heavy atom. The molecule has 18 heavy (non-hydrogen) atoms. The third-order valence-electron chi connectivity index (χ3n) is 3.70. The molecule has 0 aliphatic carbocycles. The molecule has 2 N–H and O–H groups in total. The summed E-state index contributed by atoms with van der Waals surface area (Å²) in [5.41, 5.74) is 1.08. The van der Waals surface area contributed by atoms with Gasteiger partial charge in [0.05, 0.1) is 5.92 Å². The maximum Gasteiger partial charge on any atom is 0.227 e. The first kappa shape index (κ1) is 13.1. The molecular weight excluding hydrogens is 224 g/mol. The number of benzene rings is 1. The van der Waals surface area contributed by atoms with Crippen LogP contribution in [0.25, 0.3) is 0 Å². The molecule has 3 heteroatoms. The van der Waals surface area contributed by atoms with Crippen LogP contribution in [0, 0.1) is 0 Å². The van der Waals surface area contributed by atoms with Gasteiger partial charge in [-0.2, -0.15) is 0 Å². The molecule has 1 aromatic carbocycles. The molecule has 0 spiro atoms. The van der Waals surface area contributed by atoms with Crippen molar-refractivity contribution in [2.24, 2.45) is 0 Å². The summed E-state index contributed by atoms with van der Waals surface area (Å²) in [5, 5.41) is 6.54. The van der Waals surface area contributed by atoms with Gasteiger partial charge >= 0.3 is 0 Å². The lowest BCUT2D eigenvalue weighted by molar-refractivity contribution is -0.123. The SMILES string of the molecule is CC1CCC(NC(=O)C(C)c2ccccc2)CN1. The number of hydrogen-bond acceptors (Lipinski definition) is 2. The quantitative estimate of drug-likeness (QED) is 0.857. The largest absolute Gasteiger partial charge is 0.352 e. The van der Waals surface area contributed by atoms with E-state index < -0.39 is 0 Å². The van der Waals surface area contributed by atoms with Crippen LogP contribution in [-0.4, -0.2) is 24.5 Å². The van der Waals surface area contributed by atoms with E-state index in [4.69, 9.17) is 0 Å². The first-order chi connectivity index (χ1) is 8.66. The molecule has 2 rings (SSSR count). The molecule has 0 bridgehead atoms. The lowest BCUT2D eigenvalue weighted by atomic mass is 9.98. The average molecular weight is 246 g/mol. The standard InChI is InChI=1S/C15H22N2O/c1-11-8-9-14(10-16-11)17-15(18)12(2)13-6-4-3-5-7-13/h3-7,11-12,14,16H,8-10H2,1-2H3,(H,17,18). The van der Waals surface area contributed by atoms with Gasteiger partial charge in [-0.15, -0.1) is 0 Å². The molecular formula is C15H22N2O. The minimum Gasteiger partial charge on any atom is -0.352 e. The summed E-state index contributed by atoms with van der Waals surface area (Å²) in [4.78, 5) is 12.2. The molecule has 1 saturated heterocycles. The van der Waals surface area contributed by atoms with Gasteiger partial charge in [-0.1, -0.05) is 30.3 Å². The first-order valence-electron chi connectivity index (χ1n) is 6.75. The Kier molecular flexibility index (Phi) is 4.37. The van der Waals surface area contributed by atoms with Crippen LogP contribution >= 0.6 is 0 Å². The van der Waals surface area contributed by atoms with Crippen molar-refractivity contribution in [3.05, 3.63) is 35.9 Å². The highest BCUT2D eigenvalue weighted by molar-refractivity contribution is 5.83. The van der Waals surface area contributed by atoms with Crippen molar-refractivity contribution < 1.29 is 4.79 Å². The van der Waals surface area contributed by atoms with Gasteiger partial charge < -0.3 is 10.6 Å². The summed E-state index contributed by atoms with van der Waals surface area (Å²) in [6, 6.07) is 10.8. The Morgan fingerprint density at radius 3 is 2.67 bits per heavy atom. The van der Waals surface area contributed by atoms with Crippen molar-refractivity contribution in [2.75, 3.05) is 6.54 Å². The molecule has 1 fully saturated rings. The summed E-state index contributed by atoms with van der Waals surface area (Å²) < 4.78 is 0.